The molecular formula is C17H20N2O3. The van der Waals surface area contributed by atoms with E-state index < -0.39 is 6.10 Å². The van der Waals surface area contributed by atoms with Gasteiger partial charge in [0.15, 0.2) is 0 Å². The van der Waals surface area contributed by atoms with E-state index in [2.05, 4.69) is 10.3 Å². The fourth-order valence-corrected chi connectivity index (χ4v) is 1.87. The molecule has 0 saturated heterocycles. The van der Waals surface area contributed by atoms with Gasteiger partial charge in [0.1, 0.15) is 18.5 Å². The highest BCUT2D eigenvalue weighted by Gasteiger charge is 2.10. The number of hydrogen-bond acceptors (Lipinski definition) is 4. The van der Waals surface area contributed by atoms with Crippen molar-refractivity contribution in [3.63, 3.8) is 0 Å². The molecule has 0 aliphatic heterocycles. The van der Waals surface area contributed by atoms with E-state index in [-0.39, 0.29) is 19.1 Å². The summed E-state index contributed by atoms with van der Waals surface area (Å²) in [7, 11) is 0. The number of carbonyl (C=O) groups is 1. The van der Waals surface area contributed by atoms with E-state index >= 15 is 0 Å². The number of nitrogens with zero attached hydrogens (tertiary/aromatic N) is 1. The van der Waals surface area contributed by atoms with Gasteiger partial charge in [0.2, 0.25) is 0 Å². The van der Waals surface area contributed by atoms with Crippen LogP contribution in [-0.2, 0) is 0 Å². The molecular weight excluding hydrogens is 280 g/mol. The van der Waals surface area contributed by atoms with Crippen molar-refractivity contribution in [2.24, 2.45) is 0 Å². The standard InChI is InChI=1S/C17H20N2O3/c1-12-4-3-5-16(8-12)22-11-15(20)10-19-17(21)14-7-6-13(2)18-9-14/h3-9,15,20H,10-11H2,1-2H3,(H,19,21)/t15-/m0/s1. The number of benzene rings is 1. The summed E-state index contributed by atoms with van der Waals surface area (Å²) in [5.74, 6) is 0.440. The zero-order valence-electron chi connectivity index (χ0n) is 12.7. The number of aliphatic hydroxyl groups is 1. The Morgan fingerprint density at radius 2 is 2.14 bits per heavy atom. The summed E-state index contributed by atoms with van der Waals surface area (Å²) in [5.41, 5.74) is 2.41. The van der Waals surface area contributed by atoms with Crippen LogP contribution < -0.4 is 10.1 Å². The van der Waals surface area contributed by atoms with Gasteiger partial charge in [-0.25, -0.2) is 0 Å². The number of aliphatic hydroxyl groups excluding tert-OH is 1. The van der Waals surface area contributed by atoms with Gasteiger partial charge < -0.3 is 15.2 Å². The van der Waals surface area contributed by atoms with Crippen molar-refractivity contribution in [1.82, 2.24) is 10.3 Å². The molecule has 1 aromatic heterocycles. The molecule has 1 aromatic carbocycles. The number of pyridine rings is 1. The van der Waals surface area contributed by atoms with Crippen molar-refractivity contribution in [1.29, 1.82) is 0 Å². The highest BCUT2D eigenvalue weighted by Crippen LogP contribution is 2.12. The molecule has 0 unspecified atom stereocenters. The number of ether oxygens (including phenoxy) is 1. The highest BCUT2D eigenvalue weighted by atomic mass is 16.5. The van der Waals surface area contributed by atoms with E-state index in [0.717, 1.165) is 11.3 Å². The van der Waals surface area contributed by atoms with Crippen molar-refractivity contribution < 1.29 is 14.6 Å². The van der Waals surface area contributed by atoms with Gasteiger partial charge in [0.25, 0.3) is 5.91 Å². The Balaban J connectivity index is 1.76. The first-order chi connectivity index (χ1) is 10.5. The van der Waals surface area contributed by atoms with Gasteiger partial charge in [-0.1, -0.05) is 12.1 Å². The zero-order valence-corrected chi connectivity index (χ0v) is 12.7. The highest BCUT2D eigenvalue weighted by molar-refractivity contribution is 5.93. The molecule has 5 nitrogen and oxygen atoms in total. The molecule has 1 atom stereocenters. The predicted octanol–water partition coefficient (Wildman–Crippen LogP) is 1.87. The summed E-state index contributed by atoms with van der Waals surface area (Å²) in [4.78, 5) is 15.9. The molecule has 1 amide bonds. The largest absolute Gasteiger partial charge is 0.491 e. The van der Waals surface area contributed by atoms with Crippen LogP contribution >= 0.6 is 0 Å². The quantitative estimate of drug-likeness (QED) is 0.854. The summed E-state index contributed by atoms with van der Waals surface area (Å²) in [6, 6.07) is 11.1. The molecule has 1 heterocycles. The molecule has 116 valence electrons. The third kappa shape index (κ3) is 4.86. The van der Waals surface area contributed by atoms with Crippen molar-refractivity contribution in [2.45, 2.75) is 20.0 Å². The van der Waals surface area contributed by atoms with Crippen LogP contribution in [0.3, 0.4) is 0 Å². The third-order valence-electron chi connectivity index (χ3n) is 3.10. The number of carbonyl (C=O) groups excluding carboxylic acids is 1. The minimum atomic E-state index is -0.775. The number of rotatable bonds is 6. The van der Waals surface area contributed by atoms with Crippen molar-refractivity contribution >= 4 is 5.91 Å². The smallest absolute Gasteiger partial charge is 0.252 e. The van der Waals surface area contributed by atoms with E-state index in [4.69, 9.17) is 4.74 Å². The molecule has 0 fully saturated rings. The molecule has 0 spiro atoms. The summed E-state index contributed by atoms with van der Waals surface area (Å²) < 4.78 is 5.49. The fraction of sp³-hybridized carbons (Fsp3) is 0.294. The lowest BCUT2D eigenvalue weighted by atomic mass is 10.2. The van der Waals surface area contributed by atoms with Crippen LogP contribution in [0.2, 0.25) is 0 Å². The normalized spacial score (nSPS) is 11.8. The number of aromatic nitrogens is 1. The number of hydrogen-bond donors (Lipinski definition) is 2. The van der Waals surface area contributed by atoms with Crippen LogP contribution in [0.15, 0.2) is 42.6 Å². The summed E-state index contributed by atoms with van der Waals surface area (Å²) in [6.45, 7) is 4.07. The predicted molar refractivity (Wildman–Crippen MR) is 84.0 cm³/mol. The van der Waals surface area contributed by atoms with Gasteiger partial charge in [-0.05, 0) is 43.7 Å². The van der Waals surface area contributed by atoms with Crippen molar-refractivity contribution in [2.75, 3.05) is 13.2 Å². The van der Waals surface area contributed by atoms with Crippen LogP contribution in [0.4, 0.5) is 0 Å². The summed E-state index contributed by atoms with van der Waals surface area (Å²) >= 11 is 0. The second-order valence-electron chi connectivity index (χ2n) is 5.18. The first-order valence-corrected chi connectivity index (χ1v) is 7.13. The average Bonchev–Trinajstić information content (AvgIpc) is 2.51. The maximum absolute atomic E-state index is 11.9. The first-order valence-electron chi connectivity index (χ1n) is 7.13. The van der Waals surface area contributed by atoms with Gasteiger partial charge in [-0.3, -0.25) is 9.78 Å². The zero-order chi connectivity index (χ0) is 15.9. The van der Waals surface area contributed by atoms with Gasteiger partial charge in [0.05, 0.1) is 5.56 Å². The second-order valence-corrected chi connectivity index (χ2v) is 5.18. The molecule has 0 aliphatic rings. The molecule has 0 aliphatic carbocycles. The van der Waals surface area contributed by atoms with Gasteiger partial charge in [0, 0.05) is 18.4 Å². The van der Waals surface area contributed by atoms with Crippen molar-refractivity contribution in [3.05, 3.63) is 59.4 Å². The minimum Gasteiger partial charge on any atom is -0.491 e. The summed E-state index contributed by atoms with van der Waals surface area (Å²) in [6.07, 6.45) is 0.739. The lowest BCUT2D eigenvalue weighted by Crippen LogP contribution is -2.35. The molecule has 0 saturated carbocycles. The minimum absolute atomic E-state index is 0.121. The van der Waals surface area contributed by atoms with E-state index in [1.807, 2.05) is 38.1 Å². The third-order valence-corrected chi connectivity index (χ3v) is 3.10. The topological polar surface area (TPSA) is 71.5 Å². The van der Waals surface area contributed by atoms with E-state index in [1.54, 1.807) is 12.1 Å². The van der Waals surface area contributed by atoms with E-state index in [9.17, 15) is 9.90 Å². The lowest BCUT2D eigenvalue weighted by Gasteiger charge is -2.13. The maximum atomic E-state index is 11.9. The summed E-state index contributed by atoms with van der Waals surface area (Å²) in [5, 5.41) is 12.5. The van der Waals surface area contributed by atoms with Gasteiger partial charge in [-0.2, -0.15) is 0 Å². The molecule has 0 bridgehead atoms. The SMILES string of the molecule is Cc1cccc(OC[C@@H](O)CNC(=O)c2ccc(C)nc2)c1. The first kappa shape index (κ1) is 16.0. The van der Waals surface area contributed by atoms with Crippen LogP contribution in [0.1, 0.15) is 21.6 Å². The number of nitrogens with one attached hydrogen (secondary N) is 1. The van der Waals surface area contributed by atoms with Crippen LogP contribution in [0, 0.1) is 13.8 Å². The Morgan fingerprint density at radius 1 is 1.32 bits per heavy atom. The molecule has 2 rings (SSSR count). The Kier molecular flexibility index (Phi) is 5.49. The molecule has 2 aromatic rings. The maximum Gasteiger partial charge on any atom is 0.252 e. The van der Waals surface area contributed by atoms with Crippen LogP contribution in [-0.4, -0.2) is 35.3 Å². The average molecular weight is 300 g/mol. The van der Waals surface area contributed by atoms with Crippen LogP contribution in [0.25, 0.3) is 0 Å². The van der Waals surface area contributed by atoms with Gasteiger partial charge >= 0.3 is 0 Å². The van der Waals surface area contributed by atoms with E-state index in [1.165, 1.54) is 6.20 Å². The molecule has 22 heavy (non-hydrogen) atoms. The monoisotopic (exact) mass is 300 g/mol. The van der Waals surface area contributed by atoms with Gasteiger partial charge in [-0.15, -0.1) is 0 Å². The Hall–Kier alpha value is -2.40. The second kappa shape index (κ2) is 7.56. The molecule has 0 radical (unpaired) electrons. The Labute approximate surface area is 130 Å². The Morgan fingerprint density at radius 3 is 2.82 bits per heavy atom. The van der Waals surface area contributed by atoms with Crippen LogP contribution in [0.5, 0.6) is 5.75 Å². The fourth-order valence-electron chi connectivity index (χ4n) is 1.87. The van der Waals surface area contributed by atoms with Crippen molar-refractivity contribution in [3.8, 4) is 5.75 Å². The molecule has 5 heteroatoms. The number of amides is 1. The molecule has 2 N–H and O–H groups in total. The Bertz CT molecular complexity index is 626. The lowest BCUT2D eigenvalue weighted by molar-refractivity contribution is 0.0843. The number of aryl methyl sites for hydroxylation is 2. The van der Waals surface area contributed by atoms with E-state index in [0.29, 0.717) is 11.3 Å².